The van der Waals surface area contributed by atoms with Gasteiger partial charge in [-0.05, 0) is 358 Å². The van der Waals surface area contributed by atoms with Gasteiger partial charge in [-0.25, -0.2) is 0 Å². The van der Waals surface area contributed by atoms with Gasteiger partial charge in [0.25, 0.3) is 0 Å². The lowest BCUT2D eigenvalue weighted by Crippen LogP contribution is -2.50. The number of hydrogen-bond acceptors (Lipinski definition) is 10. The van der Waals surface area contributed by atoms with Crippen LogP contribution in [0.3, 0.4) is 0 Å². The molecule has 8 fully saturated rings. The van der Waals surface area contributed by atoms with Gasteiger partial charge in [-0.3, -0.25) is 14.7 Å². The average molecular weight is 1670 g/mol. The van der Waals surface area contributed by atoms with E-state index in [1.165, 1.54) is 394 Å². The molecule has 10 nitrogen and oxygen atoms in total. The smallest absolute Gasteiger partial charge is 0.0125 e. The topological polar surface area (TPSA) is 58.8 Å². The number of unbranched alkanes of at least 4 members (excludes halogenated alkanes) is 15. The molecule has 118 heavy (non-hydrogen) atoms. The Morgan fingerprint density at radius 1 is 0.203 bits per heavy atom. The maximum Gasteiger partial charge on any atom is 0.0125 e. The fraction of sp³-hybridized carbons (Fsp3) is 1.00. The van der Waals surface area contributed by atoms with Gasteiger partial charge in [0.1, 0.15) is 0 Å². The summed E-state index contributed by atoms with van der Waals surface area (Å²) in [7, 11) is 0. The quantitative estimate of drug-likeness (QED) is 0.0585. The van der Waals surface area contributed by atoms with Crippen molar-refractivity contribution in [2.75, 3.05) is 137 Å². The summed E-state index contributed by atoms with van der Waals surface area (Å²) < 4.78 is 0. The largest absolute Gasteiger partial charge is 0.314 e. The third kappa shape index (κ3) is 56.7. The Bertz CT molecular complexity index is 2200. The van der Waals surface area contributed by atoms with Crippen LogP contribution in [0.1, 0.15) is 471 Å². The zero-order valence-corrected chi connectivity index (χ0v) is 87.4. The molecule has 0 aromatic heterocycles. The average Bonchev–Trinajstić information content (AvgIpc) is 0.885. The first-order chi connectivity index (χ1) is 55.4. The van der Waals surface area contributed by atoms with Gasteiger partial charge >= 0.3 is 0 Å². The van der Waals surface area contributed by atoms with Crippen LogP contribution in [0.2, 0.25) is 0 Å². The molecule has 1 aliphatic carbocycles. The van der Waals surface area contributed by atoms with Crippen molar-refractivity contribution >= 4 is 0 Å². The minimum atomic E-state index is 0.351. The molecule has 0 aromatic rings. The highest BCUT2D eigenvalue weighted by atomic mass is 15.2. The summed E-state index contributed by atoms with van der Waals surface area (Å²) >= 11 is 0. The summed E-state index contributed by atoms with van der Waals surface area (Å²) in [5.41, 5.74) is 3.73. The molecule has 708 valence electrons. The summed E-state index contributed by atoms with van der Waals surface area (Å²) in [4.78, 5) is 18.3. The van der Waals surface area contributed by atoms with Crippen molar-refractivity contribution in [3.8, 4) is 0 Å². The predicted octanol–water partition coefficient (Wildman–Crippen LogP) is 28.4. The number of likely N-dealkylation sites (tertiary alicyclic amines) is 7. The number of nitrogens with zero attached hydrogens (tertiary/aromatic N) is 7. The second-order valence-corrected chi connectivity index (χ2v) is 47.7. The van der Waals surface area contributed by atoms with Gasteiger partial charge in [-0.2, -0.15) is 0 Å². The van der Waals surface area contributed by atoms with Gasteiger partial charge in [0, 0.05) is 74.0 Å². The van der Waals surface area contributed by atoms with Crippen LogP contribution in [-0.2, 0) is 0 Å². The highest BCUT2D eigenvalue weighted by Crippen LogP contribution is 2.40. The highest BCUT2D eigenvalue weighted by molar-refractivity contribution is 4.90. The van der Waals surface area contributed by atoms with Gasteiger partial charge in [0.15, 0.2) is 0 Å². The van der Waals surface area contributed by atoms with Crippen molar-refractivity contribution in [3.05, 3.63) is 0 Å². The van der Waals surface area contributed by atoms with Crippen LogP contribution >= 0.6 is 0 Å². The van der Waals surface area contributed by atoms with E-state index in [9.17, 15) is 0 Å². The summed E-state index contributed by atoms with van der Waals surface area (Å²) in [5.74, 6) is 4.78. The molecule has 0 unspecified atom stereocenters. The van der Waals surface area contributed by atoms with Crippen LogP contribution in [0.4, 0.5) is 0 Å². The number of hydrogen-bond donors (Lipinski definition) is 3. The molecular weight excluding hydrogens is 1440 g/mol. The Kier molecular flexibility index (Phi) is 62.2. The minimum Gasteiger partial charge on any atom is -0.314 e. The lowest BCUT2D eigenvalue weighted by Gasteiger charge is -2.41. The molecule has 1 saturated carbocycles. The molecule has 7 saturated heterocycles. The Morgan fingerprint density at radius 2 is 0.424 bits per heavy atom. The van der Waals surface area contributed by atoms with Crippen molar-refractivity contribution in [1.29, 1.82) is 0 Å². The zero-order valence-electron chi connectivity index (χ0n) is 87.4. The molecular formula is C108H226N10. The second kappa shape index (κ2) is 63.5. The number of rotatable bonds is 31. The van der Waals surface area contributed by atoms with Crippen LogP contribution in [0.25, 0.3) is 0 Å². The van der Waals surface area contributed by atoms with E-state index in [4.69, 9.17) is 0 Å². The number of piperidine rings is 7. The molecule has 7 heterocycles. The molecule has 10 heteroatoms. The van der Waals surface area contributed by atoms with E-state index in [-0.39, 0.29) is 0 Å². The van der Waals surface area contributed by atoms with E-state index >= 15 is 0 Å². The van der Waals surface area contributed by atoms with E-state index in [2.05, 4.69) is 265 Å². The van der Waals surface area contributed by atoms with Gasteiger partial charge in [0.2, 0.25) is 0 Å². The molecule has 0 bridgehead atoms. The predicted molar refractivity (Wildman–Crippen MR) is 534 cm³/mol. The van der Waals surface area contributed by atoms with Crippen molar-refractivity contribution < 1.29 is 0 Å². The van der Waals surface area contributed by atoms with Crippen LogP contribution < -0.4 is 16.0 Å². The Morgan fingerprint density at radius 3 is 0.661 bits per heavy atom. The molecule has 3 N–H and O–H groups in total. The molecule has 8 rings (SSSR count). The third-order valence-electron chi connectivity index (χ3n) is 29.4. The first kappa shape index (κ1) is 116. The Balaban J connectivity index is 0.000000679. The molecule has 0 aromatic carbocycles. The van der Waals surface area contributed by atoms with E-state index in [0.717, 1.165) is 47.7 Å². The van der Waals surface area contributed by atoms with Crippen LogP contribution in [0.15, 0.2) is 0 Å². The van der Waals surface area contributed by atoms with Crippen molar-refractivity contribution in [2.45, 2.75) is 506 Å². The minimum absolute atomic E-state index is 0.351. The van der Waals surface area contributed by atoms with Crippen LogP contribution in [0.5, 0.6) is 0 Å². The van der Waals surface area contributed by atoms with Gasteiger partial charge in [-0.15, -0.1) is 0 Å². The van der Waals surface area contributed by atoms with E-state index in [1.54, 1.807) is 0 Å². The first-order valence-electron chi connectivity index (χ1n) is 52.7. The summed E-state index contributed by atoms with van der Waals surface area (Å²) in [6, 6.07) is 2.32. The van der Waals surface area contributed by atoms with Gasteiger partial charge in [0.05, 0.1) is 0 Å². The van der Waals surface area contributed by atoms with Crippen molar-refractivity contribution in [1.82, 2.24) is 50.2 Å². The highest BCUT2D eigenvalue weighted by Gasteiger charge is 2.34. The van der Waals surface area contributed by atoms with Crippen molar-refractivity contribution in [2.24, 2.45) is 56.7 Å². The molecule has 0 amide bonds. The molecule has 0 radical (unpaired) electrons. The van der Waals surface area contributed by atoms with Crippen molar-refractivity contribution in [3.63, 3.8) is 0 Å². The first-order valence-corrected chi connectivity index (χ1v) is 52.7. The standard InChI is InChI=1S/C17H36N2.C16H34N2.C15H32N2.C14H29N.C13H27N.C12H25N.C11H23N.C10H20/c1-5-6-7-8-9-10-13-18-16-11-14-19(15-12-16)17(2,3)4;1-5-6-7-8-9-12-17-15-10-13-18(14-11-15)16(2,3)4;1-5-6-7-8-11-16-14-9-12-17(13-10-14)15(2,3)4;1-5-6-7-10-15-11-8-13(9-12-15)14(2,3)4;1-5-6-9-14-10-7-12(8-11-14)13(2,3)4;1-5-8-13-9-6-11(7-10-13)12(2,3)4;1-5-12-8-6-10(7-9-12)11(2,3)4;1-10(2,3)9-7-5-4-6-8-9/h16,18H,5-15H2,1-4H3;15,17H,5-14H2,1-4H3;14,16H,5-13H2,1-4H3;13H,5-12H2,1-4H3;12H,5-11H2,1-4H3;11H,5-10H2,1-4H3;10H,5-9H2,1-4H3;9H,4-8H2,1-3H3. The lowest BCUT2D eigenvalue weighted by molar-refractivity contribution is 0.0961. The Hall–Kier alpha value is -0.400. The molecule has 0 spiro atoms. The van der Waals surface area contributed by atoms with Crippen LogP contribution in [-0.4, -0.2) is 206 Å². The zero-order chi connectivity index (χ0) is 88.9. The van der Waals surface area contributed by atoms with Gasteiger partial charge < -0.3 is 35.6 Å². The number of nitrogens with one attached hydrogen (secondary N) is 3. The molecule has 0 atom stereocenters. The summed E-state index contributed by atoms with van der Waals surface area (Å²) in [6.07, 6.45) is 55.6. The summed E-state index contributed by atoms with van der Waals surface area (Å²) in [6.45, 7) is 99.7. The maximum atomic E-state index is 3.76. The fourth-order valence-corrected chi connectivity index (χ4v) is 19.8. The second-order valence-electron chi connectivity index (χ2n) is 47.7. The lowest BCUT2D eigenvalue weighted by atomic mass is 9.72. The monoisotopic (exact) mass is 1660 g/mol. The molecule has 8 aliphatic rings. The maximum absolute atomic E-state index is 3.76. The van der Waals surface area contributed by atoms with E-state index < -0.39 is 0 Å². The normalized spacial score (nSPS) is 20.8. The molecule has 7 aliphatic heterocycles. The van der Waals surface area contributed by atoms with E-state index in [0.29, 0.717) is 43.7 Å². The van der Waals surface area contributed by atoms with Gasteiger partial charge in [-0.1, -0.05) is 268 Å². The van der Waals surface area contributed by atoms with E-state index in [1.807, 2.05) is 0 Å². The SMILES string of the molecule is CC(C)(C)C1CCCCC1.CCCCCCCCNC1CCN(C(C)(C)C)CC1.CCCCCCCNC1CCN(C(C)(C)C)CC1.CCCCCCNC1CCN(C(C)(C)C)CC1.CCCCCN1CCC(C(C)(C)C)CC1.CCCCN1CCC(C(C)(C)C)CC1.CCCN1CCC(C(C)(C)C)CC1.CCN1CCC(C(C)(C)C)CC1. The third-order valence-corrected chi connectivity index (χ3v) is 29.4. The fourth-order valence-electron chi connectivity index (χ4n) is 19.8. The van der Waals surface area contributed by atoms with Crippen LogP contribution in [0, 0.1) is 56.7 Å². The Labute approximate surface area is 746 Å². The summed E-state index contributed by atoms with van der Waals surface area (Å²) in [5, 5.41) is 11.2.